The van der Waals surface area contributed by atoms with Gasteiger partial charge in [-0.2, -0.15) is 0 Å². The molecular weight excluding hydrogens is 198 g/mol. The van der Waals surface area contributed by atoms with Crippen molar-refractivity contribution < 1.29 is 0 Å². The number of benzene rings is 1. The van der Waals surface area contributed by atoms with Gasteiger partial charge in [-0.3, -0.25) is 4.99 Å². The number of aryl methyl sites for hydroxylation is 1. The Morgan fingerprint density at radius 3 is 2.56 bits per heavy atom. The molecular formula is C13H21N3. The van der Waals surface area contributed by atoms with E-state index in [1.807, 2.05) is 0 Å². The molecule has 0 fully saturated rings. The summed E-state index contributed by atoms with van der Waals surface area (Å²) in [6.45, 7) is 7.03. The molecule has 3 heteroatoms. The Morgan fingerprint density at radius 1 is 1.38 bits per heavy atom. The fraction of sp³-hybridized carbons (Fsp3) is 0.462. The summed E-state index contributed by atoms with van der Waals surface area (Å²) < 4.78 is 0. The number of aliphatic imine (C=N–C) groups is 1. The van der Waals surface area contributed by atoms with Crippen molar-refractivity contribution in [3.63, 3.8) is 0 Å². The summed E-state index contributed by atoms with van der Waals surface area (Å²) in [7, 11) is 0. The van der Waals surface area contributed by atoms with Crippen LogP contribution in [0, 0.1) is 6.92 Å². The Balaban J connectivity index is 2.58. The first-order valence-electron chi connectivity index (χ1n) is 5.76. The van der Waals surface area contributed by atoms with E-state index in [0.29, 0.717) is 5.96 Å². The van der Waals surface area contributed by atoms with Crippen LogP contribution in [-0.4, -0.2) is 12.5 Å². The monoisotopic (exact) mass is 219 g/mol. The van der Waals surface area contributed by atoms with Crippen molar-refractivity contribution in [2.45, 2.75) is 33.2 Å². The number of nitrogens with one attached hydrogen (secondary N) is 1. The van der Waals surface area contributed by atoms with Gasteiger partial charge < -0.3 is 11.1 Å². The molecule has 0 aliphatic heterocycles. The zero-order chi connectivity index (χ0) is 12.0. The SMILES string of the molecule is CCCN=C(N)NC(C)c1ccc(C)cc1. The number of nitrogens with two attached hydrogens (primary N) is 1. The summed E-state index contributed by atoms with van der Waals surface area (Å²) in [5.74, 6) is 0.523. The summed E-state index contributed by atoms with van der Waals surface area (Å²) in [5, 5.41) is 3.18. The van der Waals surface area contributed by atoms with E-state index in [9.17, 15) is 0 Å². The van der Waals surface area contributed by atoms with Gasteiger partial charge in [0, 0.05) is 6.54 Å². The molecule has 3 nitrogen and oxygen atoms in total. The molecule has 0 aliphatic rings. The molecule has 0 spiro atoms. The maximum atomic E-state index is 5.77. The quantitative estimate of drug-likeness (QED) is 0.603. The molecule has 1 aromatic rings. The lowest BCUT2D eigenvalue weighted by molar-refractivity contribution is 0.706. The summed E-state index contributed by atoms with van der Waals surface area (Å²) in [5.41, 5.74) is 8.26. The Kier molecular flexibility index (Phi) is 4.83. The Labute approximate surface area is 97.8 Å². The summed E-state index contributed by atoms with van der Waals surface area (Å²) in [4.78, 5) is 4.21. The molecule has 0 aliphatic carbocycles. The topological polar surface area (TPSA) is 50.4 Å². The lowest BCUT2D eigenvalue weighted by atomic mass is 10.1. The van der Waals surface area contributed by atoms with Crippen LogP contribution < -0.4 is 11.1 Å². The average molecular weight is 219 g/mol. The molecule has 1 rings (SSSR count). The van der Waals surface area contributed by atoms with Crippen molar-refractivity contribution >= 4 is 5.96 Å². The number of hydrogen-bond acceptors (Lipinski definition) is 1. The van der Waals surface area contributed by atoms with E-state index >= 15 is 0 Å². The fourth-order valence-corrected chi connectivity index (χ4v) is 1.44. The van der Waals surface area contributed by atoms with Crippen molar-refractivity contribution in [3.8, 4) is 0 Å². The van der Waals surface area contributed by atoms with Crippen LogP contribution >= 0.6 is 0 Å². The molecule has 1 atom stereocenters. The lowest BCUT2D eigenvalue weighted by Crippen LogP contribution is -2.33. The van der Waals surface area contributed by atoms with Crippen molar-refractivity contribution in [1.82, 2.24) is 5.32 Å². The zero-order valence-corrected chi connectivity index (χ0v) is 10.3. The standard InChI is InChI=1S/C13H21N3/c1-4-9-15-13(14)16-11(3)12-7-5-10(2)6-8-12/h5-8,11H,4,9H2,1-3H3,(H3,14,15,16). The second kappa shape index (κ2) is 6.16. The third kappa shape index (κ3) is 3.93. The highest BCUT2D eigenvalue weighted by Crippen LogP contribution is 2.12. The summed E-state index contributed by atoms with van der Waals surface area (Å²) >= 11 is 0. The molecule has 0 bridgehead atoms. The minimum Gasteiger partial charge on any atom is -0.370 e. The minimum atomic E-state index is 0.196. The van der Waals surface area contributed by atoms with E-state index in [1.54, 1.807) is 0 Å². The molecule has 0 amide bonds. The Bertz CT molecular complexity index is 341. The highest BCUT2D eigenvalue weighted by Gasteiger charge is 2.04. The molecule has 88 valence electrons. The smallest absolute Gasteiger partial charge is 0.189 e. The highest BCUT2D eigenvalue weighted by molar-refractivity contribution is 5.78. The first-order chi connectivity index (χ1) is 7.63. The highest BCUT2D eigenvalue weighted by atomic mass is 15.1. The van der Waals surface area contributed by atoms with Crippen LogP contribution in [0.15, 0.2) is 29.3 Å². The van der Waals surface area contributed by atoms with Crippen molar-refractivity contribution in [1.29, 1.82) is 0 Å². The minimum absolute atomic E-state index is 0.196. The van der Waals surface area contributed by atoms with E-state index in [2.05, 4.69) is 55.3 Å². The third-order valence-corrected chi connectivity index (χ3v) is 2.45. The average Bonchev–Trinajstić information content (AvgIpc) is 2.27. The normalized spacial score (nSPS) is 13.6. The molecule has 0 radical (unpaired) electrons. The van der Waals surface area contributed by atoms with Gasteiger partial charge in [0.15, 0.2) is 5.96 Å². The van der Waals surface area contributed by atoms with Crippen LogP contribution in [0.5, 0.6) is 0 Å². The van der Waals surface area contributed by atoms with Gasteiger partial charge in [0.25, 0.3) is 0 Å². The lowest BCUT2D eigenvalue weighted by Gasteiger charge is -2.15. The van der Waals surface area contributed by atoms with Gasteiger partial charge in [-0.25, -0.2) is 0 Å². The van der Waals surface area contributed by atoms with Crippen molar-refractivity contribution in [2.24, 2.45) is 10.7 Å². The third-order valence-electron chi connectivity index (χ3n) is 2.45. The number of hydrogen-bond donors (Lipinski definition) is 2. The van der Waals surface area contributed by atoms with Gasteiger partial charge in [-0.15, -0.1) is 0 Å². The van der Waals surface area contributed by atoms with Gasteiger partial charge in [0.2, 0.25) is 0 Å². The zero-order valence-electron chi connectivity index (χ0n) is 10.3. The summed E-state index contributed by atoms with van der Waals surface area (Å²) in [6, 6.07) is 8.63. The molecule has 0 aromatic heterocycles. The van der Waals surface area contributed by atoms with Gasteiger partial charge in [0.1, 0.15) is 0 Å². The molecule has 0 heterocycles. The van der Waals surface area contributed by atoms with Gasteiger partial charge in [-0.1, -0.05) is 36.8 Å². The van der Waals surface area contributed by atoms with Crippen LogP contribution in [-0.2, 0) is 0 Å². The first kappa shape index (κ1) is 12.6. The maximum Gasteiger partial charge on any atom is 0.189 e. The van der Waals surface area contributed by atoms with Gasteiger partial charge in [-0.05, 0) is 25.8 Å². The van der Waals surface area contributed by atoms with E-state index in [4.69, 9.17) is 5.73 Å². The van der Waals surface area contributed by atoms with Crippen LogP contribution in [0.3, 0.4) is 0 Å². The number of nitrogens with zero attached hydrogens (tertiary/aromatic N) is 1. The van der Waals surface area contributed by atoms with Crippen molar-refractivity contribution in [3.05, 3.63) is 35.4 Å². The molecule has 0 saturated carbocycles. The van der Waals surface area contributed by atoms with E-state index in [1.165, 1.54) is 11.1 Å². The Hall–Kier alpha value is -1.51. The number of rotatable bonds is 4. The fourth-order valence-electron chi connectivity index (χ4n) is 1.44. The predicted molar refractivity (Wildman–Crippen MR) is 69.5 cm³/mol. The molecule has 16 heavy (non-hydrogen) atoms. The Morgan fingerprint density at radius 2 is 2.00 bits per heavy atom. The largest absolute Gasteiger partial charge is 0.370 e. The second-order valence-corrected chi connectivity index (χ2v) is 4.04. The van der Waals surface area contributed by atoms with Crippen LogP contribution in [0.2, 0.25) is 0 Å². The molecule has 1 aromatic carbocycles. The van der Waals surface area contributed by atoms with Crippen LogP contribution in [0.25, 0.3) is 0 Å². The first-order valence-corrected chi connectivity index (χ1v) is 5.76. The van der Waals surface area contributed by atoms with E-state index < -0.39 is 0 Å². The number of guanidine groups is 1. The molecule has 3 N–H and O–H groups in total. The second-order valence-electron chi connectivity index (χ2n) is 4.04. The summed E-state index contributed by atoms with van der Waals surface area (Å²) in [6.07, 6.45) is 1.02. The van der Waals surface area contributed by atoms with Gasteiger partial charge >= 0.3 is 0 Å². The van der Waals surface area contributed by atoms with Gasteiger partial charge in [0.05, 0.1) is 6.04 Å². The molecule has 0 saturated heterocycles. The van der Waals surface area contributed by atoms with E-state index in [-0.39, 0.29) is 6.04 Å². The predicted octanol–water partition coefficient (Wildman–Crippen LogP) is 2.37. The van der Waals surface area contributed by atoms with E-state index in [0.717, 1.165) is 13.0 Å². The maximum absolute atomic E-state index is 5.77. The van der Waals surface area contributed by atoms with Crippen molar-refractivity contribution in [2.75, 3.05) is 6.54 Å². The van der Waals surface area contributed by atoms with Crippen LogP contribution in [0.4, 0.5) is 0 Å². The molecule has 1 unspecified atom stereocenters. The van der Waals surface area contributed by atoms with Crippen LogP contribution in [0.1, 0.15) is 37.4 Å².